The Morgan fingerprint density at radius 2 is 1.96 bits per heavy atom. The van der Waals surface area contributed by atoms with Gasteiger partial charge in [0.15, 0.2) is 0 Å². The van der Waals surface area contributed by atoms with Crippen molar-refractivity contribution >= 4 is 5.78 Å². The Bertz CT molecular complexity index is 564. The number of rotatable bonds is 3. The lowest BCUT2D eigenvalue weighted by Gasteiger charge is -2.60. The van der Waals surface area contributed by atoms with Gasteiger partial charge in [-0.1, -0.05) is 18.6 Å². The maximum absolute atomic E-state index is 12.2. The number of hydrogen-bond donors (Lipinski definition) is 0. The highest BCUT2D eigenvalue weighted by atomic mass is 16.5. The second kappa shape index (κ2) is 6.51. The van der Waals surface area contributed by atoms with Gasteiger partial charge < -0.3 is 4.74 Å². The lowest BCUT2D eigenvalue weighted by atomic mass is 9.44. The van der Waals surface area contributed by atoms with Crippen LogP contribution in [0.5, 0.6) is 0 Å². The highest BCUT2D eigenvalue weighted by Gasteiger charge is 2.60. The summed E-state index contributed by atoms with van der Waals surface area (Å²) in [4.78, 5) is 12.2. The standard InChI is InChI=1S/C23H36O2/c1-4-16-7-9-20-19-8-6-17-14-18(24)10-13-23(17,15-25-5-2)21(19)11-12-22(16,20)3/h4,17,19-21H,5-15H2,1-3H3/b16-4-. The fourth-order valence-corrected chi connectivity index (χ4v) is 7.74. The van der Waals surface area contributed by atoms with Crippen LogP contribution in [-0.2, 0) is 9.53 Å². The molecular formula is C23H36O2. The normalized spacial score (nSPS) is 48.1. The van der Waals surface area contributed by atoms with E-state index in [1.54, 1.807) is 5.57 Å². The quantitative estimate of drug-likeness (QED) is 0.626. The third-order valence-electron chi connectivity index (χ3n) is 8.95. The summed E-state index contributed by atoms with van der Waals surface area (Å²) in [6.45, 7) is 8.64. The monoisotopic (exact) mass is 344 g/mol. The molecule has 0 amide bonds. The molecule has 0 N–H and O–H groups in total. The minimum Gasteiger partial charge on any atom is -0.381 e. The molecule has 4 aliphatic carbocycles. The summed E-state index contributed by atoms with van der Waals surface area (Å²) < 4.78 is 6.07. The zero-order chi connectivity index (χ0) is 17.7. The van der Waals surface area contributed by atoms with Crippen LogP contribution in [0.1, 0.15) is 78.6 Å². The molecule has 0 heterocycles. The molecule has 0 spiro atoms. The van der Waals surface area contributed by atoms with E-state index in [1.807, 2.05) is 0 Å². The second-order valence-electron chi connectivity index (χ2n) is 9.57. The van der Waals surface area contributed by atoms with Gasteiger partial charge in [-0.15, -0.1) is 0 Å². The van der Waals surface area contributed by atoms with Gasteiger partial charge in [0, 0.05) is 24.9 Å². The third kappa shape index (κ3) is 2.58. The van der Waals surface area contributed by atoms with Gasteiger partial charge in [0.2, 0.25) is 0 Å². The zero-order valence-electron chi connectivity index (χ0n) is 16.5. The molecule has 2 heteroatoms. The Labute approximate surface area is 153 Å². The molecule has 4 rings (SSSR count). The highest BCUT2D eigenvalue weighted by Crippen LogP contribution is 2.67. The summed E-state index contributed by atoms with van der Waals surface area (Å²) in [5.41, 5.74) is 2.49. The highest BCUT2D eigenvalue weighted by molar-refractivity contribution is 5.79. The first kappa shape index (κ1) is 17.8. The van der Waals surface area contributed by atoms with Crippen molar-refractivity contribution < 1.29 is 9.53 Å². The fraction of sp³-hybridized carbons (Fsp3) is 0.870. The first-order valence-electron chi connectivity index (χ1n) is 10.8. The van der Waals surface area contributed by atoms with Crippen LogP contribution >= 0.6 is 0 Å². The molecular weight excluding hydrogens is 308 g/mol. The lowest BCUT2D eigenvalue weighted by Crippen LogP contribution is -2.56. The van der Waals surface area contributed by atoms with Gasteiger partial charge in [-0.2, -0.15) is 0 Å². The molecule has 2 nitrogen and oxygen atoms in total. The van der Waals surface area contributed by atoms with Crippen LogP contribution in [0.3, 0.4) is 0 Å². The molecule has 6 unspecified atom stereocenters. The van der Waals surface area contributed by atoms with Crippen molar-refractivity contribution in [1.29, 1.82) is 0 Å². The number of carbonyl (C=O) groups excluding carboxylic acids is 1. The van der Waals surface area contributed by atoms with Crippen molar-refractivity contribution in [1.82, 2.24) is 0 Å². The number of ether oxygens (including phenoxy) is 1. The number of Topliss-reactive ketones (excluding diaryl/α,β-unsaturated/α-hetero) is 1. The van der Waals surface area contributed by atoms with Crippen molar-refractivity contribution in [3.63, 3.8) is 0 Å². The largest absolute Gasteiger partial charge is 0.381 e. The minimum atomic E-state index is 0.298. The minimum absolute atomic E-state index is 0.298. The summed E-state index contributed by atoms with van der Waals surface area (Å²) in [6, 6.07) is 0. The average molecular weight is 345 g/mol. The van der Waals surface area contributed by atoms with E-state index < -0.39 is 0 Å². The van der Waals surface area contributed by atoms with Crippen molar-refractivity contribution in [2.45, 2.75) is 78.6 Å². The van der Waals surface area contributed by atoms with Gasteiger partial charge in [-0.3, -0.25) is 4.79 Å². The van der Waals surface area contributed by atoms with Crippen molar-refractivity contribution in [2.75, 3.05) is 13.2 Å². The van der Waals surface area contributed by atoms with Gasteiger partial charge in [0.25, 0.3) is 0 Å². The van der Waals surface area contributed by atoms with E-state index in [4.69, 9.17) is 4.74 Å². The van der Waals surface area contributed by atoms with E-state index in [9.17, 15) is 4.79 Å². The number of allylic oxidation sites excluding steroid dienone is 2. The molecule has 140 valence electrons. The van der Waals surface area contributed by atoms with Crippen molar-refractivity contribution in [2.24, 2.45) is 34.5 Å². The Morgan fingerprint density at radius 3 is 2.72 bits per heavy atom. The van der Waals surface area contributed by atoms with Gasteiger partial charge >= 0.3 is 0 Å². The molecule has 0 bridgehead atoms. The zero-order valence-corrected chi connectivity index (χ0v) is 16.5. The maximum atomic E-state index is 12.2. The lowest BCUT2D eigenvalue weighted by molar-refractivity contribution is -0.154. The molecule has 0 aromatic heterocycles. The van der Waals surface area contributed by atoms with Crippen LogP contribution < -0.4 is 0 Å². The van der Waals surface area contributed by atoms with E-state index in [0.717, 1.165) is 50.2 Å². The smallest absolute Gasteiger partial charge is 0.133 e. The van der Waals surface area contributed by atoms with Crippen molar-refractivity contribution in [3.8, 4) is 0 Å². The summed E-state index contributed by atoms with van der Waals surface area (Å²) >= 11 is 0. The van der Waals surface area contributed by atoms with Crippen LogP contribution in [0.15, 0.2) is 11.6 Å². The van der Waals surface area contributed by atoms with E-state index in [-0.39, 0.29) is 0 Å². The van der Waals surface area contributed by atoms with Gasteiger partial charge in [0.05, 0.1) is 6.61 Å². The topological polar surface area (TPSA) is 26.3 Å². The first-order valence-corrected chi connectivity index (χ1v) is 10.8. The van der Waals surface area contributed by atoms with Crippen LogP contribution in [0, 0.1) is 34.5 Å². The SMILES string of the molecule is C/C=C1/CCC2C3CCC4CC(=O)CCC4(COCC)C3CCC12C. The summed E-state index contributed by atoms with van der Waals surface area (Å²) in [5.74, 6) is 3.62. The van der Waals surface area contributed by atoms with E-state index in [2.05, 4.69) is 26.8 Å². The van der Waals surface area contributed by atoms with Crippen LogP contribution in [0.25, 0.3) is 0 Å². The molecule has 4 fully saturated rings. The summed E-state index contributed by atoms with van der Waals surface area (Å²) in [6.07, 6.45) is 13.2. The predicted octanol–water partition coefficient (Wildman–Crippen LogP) is 5.56. The molecule has 0 saturated heterocycles. The number of ketones is 1. The van der Waals surface area contributed by atoms with Crippen LogP contribution in [-0.4, -0.2) is 19.0 Å². The molecule has 6 atom stereocenters. The number of hydrogen-bond acceptors (Lipinski definition) is 2. The first-order chi connectivity index (χ1) is 12.0. The van der Waals surface area contributed by atoms with Crippen molar-refractivity contribution in [3.05, 3.63) is 11.6 Å². The molecule has 0 aromatic carbocycles. The fourth-order valence-electron chi connectivity index (χ4n) is 7.74. The molecule has 25 heavy (non-hydrogen) atoms. The Hall–Kier alpha value is -0.630. The summed E-state index contributed by atoms with van der Waals surface area (Å²) in [5, 5.41) is 0. The second-order valence-corrected chi connectivity index (χ2v) is 9.57. The van der Waals surface area contributed by atoms with Crippen LogP contribution in [0.2, 0.25) is 0 Å². The molecule has 4 aliphatic rings. The maximum Gasteiger partial charge on any atom is 0.133 e. The Balaban J connectivity index is 1.66. The van der Waals surface area contributed by atoms with Crippen LogP contribution in [0.4, 0.5) is 0 Å². The summed E-state index contributed by atoms with van der Waals surface area (Å²) in [7, 11) is 0. The van der Waals surface area contributed by atoms with Gasteiger partial charge in [-0.05, 0) is 87.9 Å². The van der Waals surface area contributed by atoms with E-state index in [0.29, 0.717) is 22.5 Å². The molecule has 0 aromatic rings. The molecule has 0 radical (unpaired) electrons. The number of carbonyl (C=O) groups is 1. The molecule has 0 aliphatic heterocycles. The number of fused-ring (bicyclic) bond motifs is 5. The van der Waals surface area contributed by atoms with E-state index in [1.165, 1.54) is 38.5 Å². The third-order valence-corrected chi connectivity index (χ3v) is 8.95. The van der Waals surface area contributed by atoms with Gasteiger partial charge in [-0.25, -0.2) is 0 Å². The van der Waals surface area contributed by atoms with Gasteiger partial charge in [0.1, 0.15) is 5.78 Å². The predicted molar refractivity (Wildman–Crippen MR) is 101 cm³/mol. The Morgan fingerprint density at radius 1 is 1.12 bits per heavy atom. The van der Waals surface area contributed by atoms with E-state index >= 15 is 0 Å². The molecule has 4 saturated carbocycles. The Kier molecular flexibility index (Phi) is 4.63. The average Bonchev–Trinajstić information content (AvgIpc) is 2.96.